The second-order valence-corrected chi connectivity index (χ2v) is 8.77. The zero-order chi connectivity index (χ0) is 25.0. The molecule has 0 bridgehead atoms. The fraction of sp³-hybridized carbons (Fsp3) is 0.0294. The molecule has 3 nitrogen and oxygen atoms in total. The van der Waals surface area contributed by atoms with E-state index in [1.807, 2.05) is 96.7 Å². The molecule has 1 aliphatic heterocycles. The number of para-hydroxylation sites is 2. The van der Waals surface area contributed by atoms with Crippen LogP contribution in [-0.2, 0) is 20.1 Å². The summed E-state index contributed by atoms with van der Waals surface area (Å²) in [4.78, 5) is 4.32. The number of rotatable bonds is 3. The number of hydrogen-bond donors (Lipinski definition) is 0. The Bertz CT molecular complexity index is 1790. The van der Waals surface area contributed by atoms with E-state index >= 15 is 0 Å². The molecule has 185 valence electrons. The van der Waals surface area contributed by atoms with Gasteiger partial charge < -0.3 is 9.40 Å². The van der Waals surface area contributed by atoms with Crippen molar-refractivity contribution in [2.24, 2.45) is 0 Å². The molecule has 1 aliphatic rings. The molecule has 0 unspecified atom stereocenters. The molecule has 0 fully saturated rings. The molecule has 0 saturated carbocycles. The molecular weight excluding hydrogens is 645 g/mol. The normalized spacial score (nSPS) is 11.9. The Hall–Kier alpha value is -4.33. The van der Waals surface area contributed by atoms with Gasteiger partial charge in [0.05, 0.1) is 5.58 Å². The van der Waals surface area contributed by atoms with Gasteiger partial charge in [0.1, 0.15) is 11.5 Å². The van der Waals surface area contributed by atoms with Gasteiger partial charge >= 0.3 is 0 Å². The van der Waals surface area contributed by atoms with Crippen molar-refractivity contribution in [1.82, 2.24) is 4.98 Å². The SMILES string of the molecule is C1=C(c2[c-]cc3oc4ccccc4c3c2)C=C[N+]=1c1ccccc1.Cc1ccc(-c2[c-]cccc2)nc1.[Ir]. The van der Waals surface area contributed by atoms with Crippen molar-refractivity contribution in [3.8, 4) is 11.3 Å². The van der Waals surface area contributed by atoms with E-state index in [-0.39, 0.29) is 20.1 Å². The average molecular weight is 668 g/mol. The van der Waals surface area contributed by atoms with E-state index in [0.29, 0.717) is 0 Å². The van der Waals surface area contributed by atoms with E-state index in [1.165, 1.54) is 5.56 Å². The molecule has 0 amide bonds. The first-order valence-electron chi connectivity index (χ1n) is 12.1. The molecular formula is C34H23IrN2O-. The third-order valence-corrected chi connectivity index (χ3v) is 6.16. The van der Waals surface area contributed by atoms with Crippen molar-refractivity contribution in [1.29, 1.82) is 0 Å². The summed E-state index contributed by atoms with van der Waals surface area (Å²) in [7, 11) is 0. The molecule has 0 spiro atoms. The number of aryl methyl sites for hydroxylation is 1. The number of benzene rings is 4. The van der Waals surface area contributed by atoms with Crippen molar-refractivity contribution in [2.45, 2.75) is 6.92 Å². The van der Waals surface area contributed by atoms with Crippen LogP contribution in [0.4, 0.5) is 5.69 Å². The number of nitrogens with zero attached hydrogens (tertiary/aromatic N) is 2. The van der Waals surface area contributed by atoms with Crippen LogP contribution in [0.3, 0.4) is 0 Å². The minimum atomic E-state index is 0. The number of furan rings is 1. The van der Waals surface area contributed by atoms with Crippen LogP contribution in [0.25, 0.3) is 38.8 Å². The number of pyridine rings is 1. The molecule has 38 heavy (non-hydrogen) atoms. The Balaban J connectivity index is 0.000000179. The van der Waals surface area contributed by atoms with Crippen molar-refractivity contribution in [2.75, 3.05) is 0 Å². The van der Waals surface area contributed by atoms with E-state index in [1.54, 1.807) is 0 Å². The van der Waals surface area contributed by atoms with Gasteiger partial charge in [0.15, 0.2) is 6.20 Å². The van der Waals surface area contributed by atoms with E-state index in [0.717, 1.165) is 50.0 Å². The van der Waals surface area contributed by atoms with Gasteiger partial charge in [0.2, 0.25) is 5.69 Å². The first kappa shape index (κ1) is 25.3. The predicted molar refractivity (Wildman–Crippen MR) is 150 cm³/mol. The van der Waals surface area contributed by atoms with Gasteiger partial charge in [-0.1, -0.05) is 53.9 Å². The zero-order valence-electron chi connectivity index (χ0n) is 20.7. The minimum absolute atomic E-state index is 0. The van der Waals surface area contributed by atoms with Crippen LogP contribution in [0.1, 0.15) is 11.1 Å². The second kappa shape index (κ2) is 11.4. The summed E-state index contributed by atoms with van der Waals surface area (Å²) in [5.41, 5.74) is 8.10. The number of hydrogen-bond acceptors (Lipinski definition) is 2. The fourth-order valence-electron chi connectivity index (χ4n) is 4.25. The van der Waals surface area contributed by atoms with Gasteiger partial charge in [-0.15, -0.1) is 64.2 Å². The summed E-state index contributed by atoms with van der Waals surface area (Å²) in [5.74, 6) is 3.41. The van der Waals surface area contributed by atoms with Crippen LogP contribution in [0.5, 0.6) is 0 Å². The molecule has 0 atom stereocenters. The summed E-state index contributed by atoms with van der Waals surface area (Å²) in [5, 5.41) is 2.24. The molecule has 3 heterocycles. The van der Waals surface area contributed by atoms with E-state index in [2.05, 4.69) is 59.4 Å². The molecule has 7 rings (SSSR count). The monoisotopic (exact) mass is 668 g/mol. The van der Waals surface area contributed by atoms with Crippen molar-refractivity contribution >= 4 is 39.1 Å². The zero-order valence-corrected chi connectivity index (χ0v) is 23.1. The molecule has 2 aromatic heterocycles. The Labute approximate surface area is 235 Å². The molecule has 0 saturated heterocycles. The maximum atomic E-state index is 5.87. The maximum absolute atomic E-state index is 5.87. The average Bonchev–Trinajstić information content (AvgIpc) is 3.60. The number of fused-ring (bicyclic) bond motifs is 3. The van der Waals surface area contributed by atoms with E-state index in [9.17, 15) is 0 Å². The largest absolute Gasteiger partial charge is 0.500 e. The van der Waals surface area contributed by atoms with E-state index < -0.39 is 0 Å². The molecule has 4 heteroatoms. The van der Waals surface area contributed by atoms with Gasteiger partial charge in [-0.2, -0.15) is 0 Å². The summed E-state index contributed by atoms with van der Waals surface area (Å²) in [6.07, 6.45) is 5.96. The standard InChI is InChI=1S/C22H13NO.C12H10N.Ir/c1-2-6-18(7-3-1)23-13-12-17(15-23)16-10-11-22-20(14-16)19-8-4-5-9-21(19)24-22;1-10-7-8-12(13-9-10)11-5-3-2-4-6-11;/h1-9,11-14H;2-5,7-9H,1H3;/q;-1;. The first-order chi connectivity index (χ1) is 18.2. The minimum Gasteiger partial charge on any atom is -0.500 e. The van der Waals surface area contributed by atoms with Crippen LogP contribution in [0, 0.1) is 19.1 Å². The fourth-order valence-corrected chi connectivity index (χ4v) is 4.25. The topological polar surface area (TPSA) is 29.0 Å². The van der Waals surface area contributed by atoms with Crippen LogP contribution < -0.4 is 0 Å². The molecule has 0 aliphatic carbocycles. The molecule has 0 N–H and O–H groups in total. The van der Waals surface area contributed by atoms with Gasteiger partial charge in [0, 0.05) is 49.4 Å². The Morgan fingerprint density at radius 2 is 1.61 bits per heavy atom. The first-order valence-corrected chi connectivity index (χ1v) is 12.1. The van der Waals surface area contributed by atoms with Gasteiger partial charge in [-0.05, 0) is 30.3 Å². The third kappa shape index (κ3) is 5.34. The third-order valence-electron chi connectivity index (χ3n) is 6.16. The summed E-state index contributed by atoms with van der Waals surface area (Å²) >= 11 is 0. The van der Waals surface area contributed by atoms with Crippen molar-refractivity contribution in [3.05, 3.63) is 145 Å². The van der Waals surface area contributed by atoms with Crippen molar-refractivity contribution in [3.63, 3.8) is 0 Å². The van der Waals surface area contributed by atoms with E-state index in [4.69, 9.17) is 4.42 Å². The van der Waals surface area contributed by atoms with Gasteiger partial charge in [-0.25, -0.2) is 0 Å². The summed E-state index contributed by atoms with van der Waals surface area (Å²) < 4.78 is 7.87. The predicted octanol–water partition coefficient (Wildman–Crippen LogP) is 8.17. The summed E-state index contributed by atoms with van der Waals surface area (Å²) in [6.45, 7) is 2.03. The molecule has 1 radical (unpaired) electrons. The smallest absolute Gasteiger partial charge is 0.219 e. The Kier molecular flexibility index (Phi) is 7.58. The second-order valence-electron chi connectivity index (χ2n) is 8.77. The van der Waals surface area contributed by atoms with Crippen molar-refractivity contribution < 1.29 is 29.1 Å². The summed E-state index contributed by atoms with van der Waals surface area (Å²) in [6, 6.07) is 40.7. The molecule has 6 aromatic rings. The molecule has 4 aromatic carbocycles. The number of allylic oxidation sites excluding steroid dienone is 2. The van der Waals surface area contributed by atoms with Gasteiger partial charge in [0.25, 0.3) is 0 Å². The van der Waals surface area contributed by atoms with Crippen LogP contribution in [-0.4, -0.2) is 15.4 Å². The van der Waals surface area contributed by atoms with Gasteiger partial charge in [-0.3, -0.25) is 0 Å². The maximum Gasteiger partial charge on any atom is 0.219 e. The Morgan fingerprint density at radius 3 is 2.39 bits per heavy atom. The van der Waals surface area contributed by atoms with Crippen LogP contribution in [0.2, 0.25) is 0 Å². The number of aromatic nitrogens is 1. The van der Waals surface area contributed by atoms with Crippen LogP contribution >= 0.6 is 0 Å². The Morgan fingerprint density at radius 1 is 0.789 bits per heavy atom. The van der Waals surface area contributed by atoms with Crippen LogP contribution in [0.15, 0.2) is 126 Å². The quantitative estimate of drug-likeness (QED) is 0.141.